The minimum absolute atomic E-state index is 0.0213. The standard InChI is InChI=1S/C38H31N5O4S2/c1-24(44)43-18-17-31-32(21-39)38(49-34(31)22-43)42-35(45)23-48-29-15-8-14-28(20-29)40-37(47)33(41-36(46)26-10-3-2-4-11-26)19-27-13-7-12-25-9-5-6-16-30(25)27/h2-16,19-20H,17-18,22-23H2,1H3,(H,40,47)(H,41,46)(H,42,45)/b33-19+. The van der Waals surface area contributed by atoms with Crippen LogP contribution in [0.4, 0.5) is 10.7 Å². The van der Waals surface area contributed by atoms with E-state index in [-0.39, 0.29) is 23.3 Å². The van der Waals surface area contributed by atoms with Crippen molar-refractivity contribution in [2.24, 2.45) is 0 Å². The number of thioether (sulfide) groups is 1. The Balaban J connectivity index is 1.15. The number of nitrogens with zero attached hydrogens (tertiary/aromatic N) is 2. The Morgan fingerprint density at radius 1 is 0.939 bits per heavy atom. The van der Waals surface area contributed by atoms with E-state index in [9.17, 15) is 24.4 Å². The lowest BCUT2D eigenvalue weighted by Gasteiger charge is -2.25. The second-order valence-electron chi connectivity index (χ2n) is 11.3. The van der Waals surface area contributed by atoms with E-state index in [1.165, 1.54) is 30.0 Å². The van der Waals surface area contributed by atoms with E-state index in [0.717, 1.165) is 31.7 Å². The van der Waals surface area contributed by atoms with Gasteiger partial charge in [-0.2, -0.15) is 5.26 Å². The Bertz CT molecular complexity index is 2150. The molecular formula is C38H31N5O4S2. The molecule has 0 radical (unpaired) electrons. The van der Waals surface area contributed by atoms with Crippen molar-refractivity contribution in [2.45, 2.75) is 24.8 Å². The highest BCUT2D eigenvalue weighted by molar-refractivity contribution is 8.00. The molecule has 1 aliphatic rings. The average Bonchev–Trinajstić information content (AvgIpc) is 3.47. The fourth-order valence-corrected chi connectivity index (χ4v) is 7.51. The minimum atomic E-state index is -0.508. The summed E-state index contributed by atoms with van der Waals surface area (Å²) < 4.78 is 0. The van der Waals surface area contributed by atoms with Crippen LogP contribution in [0.2, 0.25) is 0 Å². The van der Waals surface area contributed by atoms with Crippen molar-refractivity contribution >= 4 is 74.3 Å². The van der Waals surface area contributed by atoms with Gasteiger partial charge in [0, 0.05) is 34.5 Å². The molecular weight excluding hydrogens is 655 g/mol. The summed E-state index contributed by atoms with van der Waals surface area (Å²) in [6, 6.07) is 31.6. The number of benzene rings is 4. The maximum absolute atomic E-state index is 13.7. The molecule has 3 N–H and O–H groups in total. The van der Waals surface area contributed by atoms with Crippen LogP contribution in [0, 0.1) is 11.3 Å². The maximum atomic E-state index is 13.7. The molecule has 0 spiro atoms. The van der Waals surface area contributed by atoms with Gasteiger partial charge in [-0.3, -0.25) is 19.2 Å². The first-order valence-electron chi connectivity index (χ1n) is 15.5. The summed E-state index contributed by atoms with van der Waals surface area (Å²) >= 11 is 2.62. The molecule has 244 valence electrons. The number of nitriles is 1. The Hall–Kier alpha value is -5.70. The molecule has 0 unspecified atom stereocenters. The SMILES string of the molecule is CC(=O)N1CCc2c(sc(NC(=O)CSc3cccc(NC(=O)/C(=C\c4cccc5ccccc45)NC(=O)c4ccccc4)c3)c2C#N)C1. The van der Waals surface area contributed by atoms with Gasteiger partial charge in [-0.05, 0) is 64.7 Å². The van der Waals surface area contributed by atoms with Crippen LogP contribution in [0.3, 0.4) is 0 Å². The summed E-state index contributed by atoms with van der Waals surface area (Å²) in [6.07, 6.45) is 2.24. The predicted octanol–water partition coefficient (Wildman–Crippen LogP) is 6.82. The quantitative estimate of drug-likeness (QED) is 0.115. The summed E-state index contributed by atoms with van der Waals surface area (Å²) in [4.78, 5) is 55.0. The lowest BCUT2D eigenvalue weighted by Crippen LogP contribution is -2.33. The molecule has 1 aromatic heterocycles. The van der Waals surface area contributed by atoms with Gasteiger partial charge in [0.1, 0.15) is 16.8 Å². The average molecular weight is 686 g/mol. The molecule has 11 heteroatoms. The lowest BCUT2D eigenvalue weighted by molar-refractivity contribution is -0.129. The first kappa shape index (κ1) is 33.2. The van der Waals surface area contributed by atoms with E-state index in [2.05, 4.69) is 22.0 Å². The molecule has 6 rings (SSSR count). The van der Waals surface area contributed by atoms with Crippen molar-refractivity contribution in [3.8, 4) is 6.07 Å². The zero-order chi connectivity index (χ0) is 34.3. The Morgan fingerprint density at radius 3 is 2.49 bits per heavy atom. The van der Waals surface area contributed by atoms with Gasteiger partial charge in [-0.25, -0.2) is 0 Å². The molecule has 0 atom stereocenters. The van der Waals surface area contributed by atoms with Gasteiger partial charge in [0.05, 0.1) is 17.9 Å². The minimum Gasteiger partial charge on any atom is -0.337 e. The van der Waals surface area contributed by atoms with E-state index >= 15 is 0 Å². The van der Waals surface area contributed by atoms with E-state index in [0.29, 0.717) is 41.3 Å². The van der Waals surface area contributed by atoms with E-state index in [1.807, 2.05) is 54.6 Å². The Labute approximate surface area is 291 Å². The van der Waals surface area contributed by atoms with E-state index in [4.69, 9.17) is 0 Å². The number of rotatable bonds is 9. The van der Waals surface area contributed by atoms with Crippen LogP contribution in [0.1, 0.15) is 38.8 Å². The second kappa shape index (κ2) is 15.0. The van der Waals surface area contributed by atoms with Crippen LogP contribution < -0.4 is 16.0 Å². The second-order valence-corrected chi connectivity index (χ2v) is 13.4. The van der Waals surface area contributed by atoms with Gasteiger partial charge < -0.3 is 20.9 Å². The van der Waals surface area contributed by atoms with Crippen molar-refractivity contribution < 1.29 is 19.2 Å². The van der Waals surface area contributed by atoms with Crippen LogP contribution in [0.25, 0.3) is 16.8 Å². The third kappa shape index (κ3) is 7.89. The highest BCUT2D eigenvalue weighted by Crippen LogP contribution is 2.37. The van der Waals surface area contributed by atoms with Crippen LogP contribution in [-0.4, -0.2) is 40.8 Å². The third-order valence-electron chi connectivity index (χ3n) is 7.98. The van der Waals surface area contributed by atoms with Crippen LogP contribution in [0.15, 0.2) is 108 Å². The largest absolute Gasteiger partial charge is 0.337 e. The fraction of sp³-hybridized carbons (Fsp3) is 0.132. The maximum Gasteiger partial charge on any atom is 0.272 e. The lowest BCUT2D eigenvalue weighted by atomic mass is 10.0. The van der Waals surface area contributed by atoms with Crippen LogP contribution in [0.5, 0.6) is 0 Å². The van der Waals surface area contributed by atoms with E-state index in [1.54, 1.807) is 53.4 Å². The predicted molar refractivity (Wildman–Crippen MR) is 194 cm³/mol. The molecule has 0 saturated heterocycles. The van der Waals surface area contributed by atoms with Gasteiger partial charge in [-0.1, -0.05) is 66.7 Å². The molecule has 4 aromatic carbocycles. The number of anilines is 2. The first-order valence-corrected chi connectivity index (χ1v) is 17.3. The highest BCUT2D eigenvalue weighted by Gasteiger charge is 2.26. The zero-order valence-corrected chi connectivity index (χ0v) is 28.1. The van der Waals surface area contributed by atoms with Gasteiger partial charge >= 0.3 is 0 Å². The van der Waals surface area contributed by atoms with Gasteiger partial charge in [0.15, 0.2) is 0 Å². The molecule has 0 bridgehead atoms. The summed E-state index contributed by atoms with van der Waals surface area (Å²) in [5.74, 6) is -1.15. The molecule has 49 heavy (non-hydrogen) atoms. The van der Waals surface area contributed by atoms with Gasteiger partial charge in [-0.15, -0.1) is 23.1 Å². The summed E-state index contributed by atoms with van der Waals surface area (Å²) in [6.45, 7) is 2.50. The van der Waals surface area contributed by atoms with Crippen molar-refractivity contribution in [1.82, 2.24) is 10.2 Å². The Kier molecular flexibility index (Phi) is 10.2. The molecule has 0 saturated carbocycles. The monoisotopic (exact) mass is 685 g/mol. The van der Waals surface area contributed by atoms with E-state index < -0.39 is 11.8 Å². The Morgan fingerprint density at radius 2 is 1.69 bits per heavy atom. The van der Waals surface area contributed by atoms with Crippen LogP contribution >= 0.6 is 23.1 Å². The summed E-state index contributed by atoms with van der Waals surface area (Å²) in [5.41, 5.74) is 3.10. The first-order chi connectivity index (χ1) is 23.8. The van der Waals surface area contributed by atoms with Crippen LogP contribution in [-0.2, 0) is 27.3 Å². The number of nitrogens with one attached hydrogen (secondary N) is 3. The van der Waals surface area contributed by atoms with Crippen molar-refractivity contribution in [2.75, 3.05) is 22.9 Å². The molecule has 1 aliphatic heterocycles. The normalized spacial score (nSPS) is 12.5. The fourth-order valence-electron chi connectivity index (χ4n) is 5.53. The van der Waals surface area contributed by atoms with Crippen molar-refractivity contribution in [3.63, 3.8) is 0 Å². The molecule has 5 aromatic rings. The number of carbonyl (C=O) groups excluding carboxylic acids is 4. The number of amides is 4. The summed E-state index contributed by atoms with van der Waals surface area (Å²) in [5, 5.41) is 20.8. The van der Waals surface area contributed by atoms with Gasteiger partial charge in [0.25, 0.3) is 11.8 Å². The number of thiophene rings is 1. The molecule has 2 heterocycles. The summed E-state index contributed by atoms with van der Waals surface area (Å²) in [7, 11) is 0. The van der Waals surface area contributed by atoms with Gasteiger partial charge in [0.2, 0.25) is 11.8 Å². The molecule has 9 nitrogen and oxygen atoms in total. The smallest absolute Gasteiger partial charge is 0.272 e. The number of hydrogen-bond donors (Lipinski definition) is 3. The molecule has 0 aliphatic carbocycles. The van der Waals surface area contributed by atoms with Crippen molar-refractivity contribution in [3.05, 3.63) is 130 Å². The third-order valence-corrected chi connectivity index (χ3v) is 10.1. The van der Waals surface area contributed by atoms with Crippen molar-refractivity contribution in [1.29, 1.82) is 5.26 Å². The number of fused-ring (bicyclic) bond motifs is 2. The zero-order valence-electron chi connectivity index (χ0n) is 26.5. The molecule has 4 amide bonds. The highest BCUT2D eigenvalue weighted by atomic mass is 32.2. The number of hydrogen-bond acceptors (Lipinski definition) is 7. The molecule has 0 fully saturated rings. The number of carbonyl (C=O) groups is 4. The topological polar surface area (TPSA) is 131 Å².